The average molecular weight is 500 g/mol. The molecule has 0 radical (unpaired) electrons. The molecule has 3 heterocycles. The first-order chi connectivity index (χ1) is 16.5. The number of likely N-dealkylation sites (tertiary alicyclic amines) is 1. The minimum Gasteiger partial charge on any atom is -0.478 e. The van der Waals surface area contributed by atoms with Crippen molar-refractivity contribution in [2.45, 2.75) is 64.2 Å². The summed E-state index contributed by atoms with van der Waals surface area (Å²) < 4.78 is 28.5. The van der Waals surface area contributed by atoms with E-state index in [9.17, 15) is 4.39 Å². The molecular formula is C26H38FN5O2Si. The van der Waals surface area contributed by atoms with Gasteiger partial charge in [-0.15, -0.1) is 0 Å². The van der Waals surface area contributed by atoms with Gasteiger partial charge in [-0.05, 0) is 62.1 Å². The Labute approximate surface area is 208 Å². The number of nitrogen functional groups attached to an aromatic ring is 1. The van der Waals surface area contributed by atoms with Crippen LogP contribution in [0.2, 0.25) is 18.1 Å². The second-order valence-corrected chi connectivity index (χ2v) is 15.7. The van der Waals surface area contributed by atoms with Crippen molar-refractivity contribution in [2.24, 2.45) is 0 Å². The second kappa shape index (κ2) is 10.2. The second-order valence-electron chi connectivity index (χ2n) is 10.9. The normalized spacial score (nSPS) is 17.4. The number of nitrogens with zero attached hydrogens (tertiary/aromatic N) is 4. The highest BCUT2D eigenvalue weighted by molar-refractivity contribution is 6.74. The molecule has 0 aliphatic carbocycles. The number of fused-ring (bicyclic) bond motifs is 1. The third-order valence-electron chi connectivity index (χ3n) is 7.41. The van der Waals surface area contributed by atoms with Gasteiger partial charge in [0.1, 0.15) is 5.82 Å². The molecule has 7 nitrogen and oxygen atoms in total. The Morgan fingerprint density at radius 1 is 1.20 bits per heavy atom. The lowest BCUT2D eigenvalue weighted by atomic mass is 10.1. The van der Waals surface area contributed by atoms with E-state index in [1.165, 1.54) is 25.0 Å². The molecule has 1 aliphatic heterocycles. The lowest BCUT2D eigenvalue weighted by molar-refractivity contribution is 0.153. The molecule has 4 rings (SSSR count). The zero-order valence-electron chi connectivity index (χ0n) is 21.6. The van der Waals surface area contributed by atoms with E-state index < -0.39 is 8.32 Å². The molecule has 190 valence electrons. The Balaban J connectivity index is 1.33. The highest BCUT2D eigenvalue weighted by Gasteiger charge is 2.38. The number of nitrogens with two attached hydrogens (primary N) is 1. The zero-order chi connectivity index (χ0) is 25.2. The van der Waals surface area contributed by atoms with Gasteiger partial charge in [0.2, 0.25) is 5.88 Å². The predicted octanol–water partition coefficient (Wildman–Crippen LogP) is 5.37. The third kappa shape index (κ3) is 5.84. The first-order valence-corrected chi connectivity index (χ1v) is 15.4. The van der Waals surface area contributed by atoms with Crippen molar-refractivity contribution in [3.05, 3.63) is 42.5 Å². The average Bonchev–Trinajstić information content (AvgIpc) is 3.42. The van der Waals surface area contributed by atoms with E-state index in [0.29, 0.717) is 41.0 Å². The molecular weight excluding hydrogens is 461 g/mol. The van der Waals surface area contributed by atoms with Gasteiger partial charge >= 0.3 is 0 Å². The maximum absolute atomic E-state index is 14.4. The van der Waals surface area contributed by atoms with Crippen molar-refractivity contribution in [1.82, 2.24) is 19.5 Å². The van der Waals surface area contributed by atoms with Crippen molar-refractivity contribution in [3.8, 4) is 17.0 Å². The lowest BCUT2D eigenvalue weighted by Crippen LogP contribution is -2.45. The van der Waals surface area contributed by atoms with Crippen LogP contribution in [-0.2, 0) is 4.43 Å². The highest BCUT2D eigenvalue weighted by Crippen LogP contribution is 2.37. The Bertz CT molecular complexity index is 1160. The minimum atomic E-state index is -1.73. The van der Waals surface area contributed by atoms with Crippen LogP contribution in [0.15, 0.2) is 36.7 Å². The Hall–Kier alpha value is -2.49. The summed E-state index contributed by atoms with van der Waals surface area (Å²) >= 11 is 0. The number of rotatable bonds is 9. The van der Waals surface area contributed by atoms with Gasteiger partial charge < -0.3 is 14.9 Å². The van der Waals surface area contributed by atoms with Crippen molar-refractivity contribution in [2.75, 3.05) is 32.0 Å². The molecule has 0 unspecified atom stereocenters. The maximum Gasteiger partial charge on any atom is 0.216 e. The molecule has 2 aromatic heterocycles. The molecule has 0 amide bonds. The van der Waals surface area contributed by atoms with Crippen molar-refractivity contribution < 1.29 is 13.6 Å². The standard InChI is InChI=1S/C26H38FN5O2Si/c1-26(2,3)35(4,5)34-18-20-8-6-12-31(20)13-7-15-33-24-11-14-32-25(30-24)22(17-29-32)21-16-19(28)9-10-23(21)27/h9-11,14,16-17,20H,6-8,12-13,15,18,28H2,1-5H3/t20-/m0/s1. The molecule has 1 fully saturated rings. The van der Waals surface area contributed by atoms with Crippen molar-refractivity contribution >= 4 is 19.7 Å². The molecule has 2 N–H and O–H groups in total. The number of benzene rings is 1. The summed E-state index contributed by atoms with van der Waals surface area (Å²) in [5, 5.41) is 4.52. The molecule has 1 aliphatic rings. The van der Waals surface area contributed by atoms with Crippen molar-refractivity contribution in [3.63, 3.8) is 0 Å². The van der Waals surface area contributed by atoms with Crippen LogP contribution in [0.5, 0.6) is 5.88 Å². The fourth-order valence-electron chi connectivity index (χ4n) is 4.22. The summed E-state index contributed by atoms with van der Waals surface area (Å²) in [6.07, 6.45) is 6.69. The monoisotopic (exact) mass is 499 g/mol. The van der Waals surface area contributed by atoms with Gasteiger partial charge in [-0.3, -0.25) is 4.90 Å². The summed E-state index contributed by atoms with van der Waals surface area (Å²) in [6, 6.07) is 6.77. The van der Waals surface area contributed by atoms with Crippen LogP contribution in [0, 0.1) is 5.82 Å². The SMILES string of the molecule is CC(C)(C)[Si](C)(C)OC[C@@H]1CCCN1CCCOc1ccn2ncc(-c3cc(N)ccc3F)c2n1. The van der Waals surface area contributed by atoms with E-state index >= 15 is 0 Å². The van der Waals surface area contributed by atoms with Gasteiger partial charge in [0, 0.05) is 48.3 Å². The molecule has 35 heavy (non-hydrogen) atoms. The van der Waals surface area contributed by atoms with Gasteiger partial charge in [0.25, 0.3) is 0 Å². The van der Waals surface area contributed by atoms with Gasteiger partial charge in [-0.1, -0.05) is 20.8 Å². The van der Waals surface area contributed by atoms with Gasteiger partial charge in [-0.25, -0.2) is 8.91 Å². The number of anilines is 1. The topological polar surface area (TPSA) is 77.9 Å². The Kier molecular flexibility index (Phi) is 7.49. The molecule has 0 saturated carbocycles. The van der Waals surface area contributed by atoms with E-state index in [2.05, 4.69) is 48.8 Å². The molecule has 0 bridgehead atoms. The molecule has 9 heteroatoms. The lowest BCUT2D eigenvalue weighted by Gasteiger charge is -2.38. The maximum atomic E-state index is 14.4. The number of hydrogen-bond donors (Lipinski definition) is 1. The largest absolute Gasteiger partial charge is 0.478 e. The van der Waals surface area contributed by atoms with Crippen LogP contribution in [0.1, 0.15) is 40.0 Å². The van der Waals surface area contributed by atoms with E-state index in [4.69, 9.17) is 14.9 Å². The smallest absolute Gasteiger partial charge is 0.216 e. The van der Waals surface area contributed by atoms with Gasteiger partial charge in [0.15, 0.2) is 14.0 Å². The Morgan fingerprint density at radius 2 is 2.00 bits per heavy atom. The van der Waals surface area contributed by atoms with Gasteiger partial charge in [-0.2, -0.15) is 10.1 Å². The number of hydrogen-bond acceptors (Lipinski definition) is 6. The van der Waals surface area contributed by atoms with Crippen LogP contribution in [-0.4, -0.2) is 60.2 Å². The molecule has 1 saturated heterocycles. The van der Waals surface area contributed by atoms with E-state index in [-0.39, 0.29) is 10.9 Å². The third-order valence-corrected chi connectivity index (χ3v) is 11.9. The number of ether oxygens (including phenoxy) is 1. The van der Waals surface area contributed by atoms with Gasteiger partial charge in [0.05, 0.1) is 12.8 Å². The highest BCUT2D eigenvalue weighted by atomic mass is 28.4. The fraction of sp³-hybridized carbons (Fsp3) is 0.538. The zero-order valence-corrected chi connectivity index (χ0v) is 22.6. The van der Waals surface area contributed by atoms with Crippen LogP contribution in [0.3, 0.4) is 0 Å². The van der Waals surface area contributed by atoms with Crippen LogP contribution >= 0.6 is 0 Å². The summed E-state index contributed by atoms with van der Waals surface area (Å²) in [6.45, 7) is 15.0. The fourth-order valence-corrected chi connectivity index (χ4v) is 5.26. The summed E-state index contributed by atoms with van der Waals surface area (Å²) in [5.41, 5.74) is 7.85. The van der Waals surface area contributed by atoms with Crippen LogP contribution in [0.25, 0.3) is 16.8 Å². The molecule has 3 aromatic rings. The molecule has 1 aromatic carbocycles. The minimum absolute atomic E-state index is 0.229. The summed E-state index contributed by atoms with van der Waals surface area (Å²) in [5.74, 6) is 0.141. The van der Waals surface area contributed by atoms with E-state index in [1.807, 2.05) is 0 Å². The molecule has 0 spiro atoms. The van der Waals surface area contributed by atoms with Crippen LogP contribution < -0.4 is 10.5 Å². The first kappa shape index (κ1) is 25.6. The Morgan fingerprint density at radius 3 is 2.77 bits per heavy atom. The predicted molar refractivity (Wildman–Crippen MR) is 141 cm³/mol. The summed E-state index contributed by atoms with van der Waals surface area (Å²) in [4.78, 5) is 7.12. The van der Waals surface area contributed by atoms with E-state index in [0.717, 1.165) is 26.1 Å². The van der Waals surface area contributed by atoms with Crippen molar-refractivity contribution in [1.29, 1.82) is 0 Å². The molecule has 1 atom stereocenters. The van der Waals surface area contributed by atoms with Crippen LogP contribution in [0.4, 0.5) is 10.1 Å². The first-order valence-electron chi connectivity index (χ1n) is 12.5. The number of aromatic nitrogens is 3. The number of halogens is 1. The van der Waals surface area contributed by atoms with E-state index in [1.54, 1.807) is 29.0 Å². The summed E-state index contributed by atoms with van der Waals surface area (Å²) in [7, 11) is -1.73. The quantitative estimate of drug-likeness (QED) is 0.242.